The molecule has 0 spiro atoms. The van der Waals surface area contributed by atoms with Gasteiger partial charge in [0.15, 0.2) is 6.10 Å². The van der Waals surface area contributed by atoms with Gasteiger partial charge < -0.3 is 14.8 Å². The fraction of sp³-hybridized carbons (Fsp3) is 0.364. The predicted octanol–water partition coefficient (Wildman–Crippen LogP) is 3.82. The van der Waals surface area contributed by atoms with Gasteiger partial charge in [-0.3, -0.25) is 4.79 Å². The van der Waals surface area contributed by atoms with Crippen LogP contribution in [0.3, 0.4) is 0 Å². The molecule has 2 atom stereocenters. The molecule has 0 heterocycles. The minimum Gasteiger partial charge on any atom is -0.481 e. The molecule has 0 bridgehead atoms. The average molecular weight is 367 g/mol. The zero-order valence-electron chi connectivity index (χ0n) is 15.7. The molecule has 1 amide bonds. The third-order valence-corrected chi connectivity index (χ3v) is 4.73. The minimum absolute atomic E-state index is 0.0275. The van der Waals surface area contributed by atoms with E-state index in [-0.39, 0.29) is 17.9 Å². The fourth-order valence-electron chi connectivity index (χ4n) is 3.33. The Morgan fingerprint density at radius 2 is 1.89 bits per heavy atom. The van der Waals surface area contributed by atoms with Crippen molar-refractivity contribution in [2.24, 2.45) is 0 Å². The molecule has 142 valence electrons. The minimum atomic E-state index is -0.632. The van der Waals surface area contributed by atoms with Crippen molar-refractivity contribution in [2.45, 2.75) is 45.3 Å². The van der Waals surface area contributed by atoms with Crippen molar-refractivity contribution in [1.29, 1.82) is 0 Å². The molecule has 0 radical (unpaired) electrons. The second kappa shape index (κ2) is 8.71. The van der Waals surface area contributed by atoms with Gasteiger partial charge in [0.1, 0.15) is 5.75 Å². The van der Waals surface area contributed by atoms with Gasteiger partial charge in [-0.15, -0.1) is 0 Å². The Hall–Kier alpha value is -2.82. The quantitative estimate of drug-likeness (QED) is 0.788. The van der Waals surface area contributed by atoms with Gasteiger partial charge in [-0.2, -0.15) is 0 Å². The van der Waals surface area contributed by atoms with Crippen molar-refractivity contribution in [3.63, 3.8) is 0 Å². The molecule has 2 aromatic carbocycles. The Balaban J connectivity index is 1.59. The van der Waals surface area contributed by atoms with E-state index in [1.54, 1.807) is 38.1 Å². The molecule has 0 aromatic heterocycles. The van der Waals surface area contributed by atoms with Gasteiger partial charge in [0.2, 0.25) is 0 Å². The SMILES string of the molecule is CCOC(=O)c1ccc(O[C@@H](C)C(=O)N[C@H]2CCCc3ccccc32)cc1. The lowest BCUT2D eigenvalue weighted by Gasteiger charge is -2.27. The number of nitrogens with one attached hydrogen (secondary N) is 1. The van der Waals surface area contributed by atoms with Crippen molar-refractivity contribution in [3.05, 3.63) is 65.2 Å². The van der Waals surface area contributed by atoms with E-state index in [2.05, 4.69) is 17.4 Å². The summed E-state index contributed by atoms with van der Waals surface area (Å²) in [5.74, 6) is 0.0201. The van der Waals surface area contributed by atoms with Crippen LogP contribution < -0.4 is 10.1 Å². The Kier molecular flexibility index (Phi) is 6.12. The number of aryl methyl sites for hydroxylation is 1. The number of ether oxygens (including phenoxy) is 2. The summed E-state index contributed by atoms with van der Waals surface area (Å²) in [6, 6.07) is 14.9. The molecule has 0 saturated carbocycles. The van der Waals surface area contributed by atoms with E-state index in [0.29, 0.717) is 17.9 Å². The van der Waals surface area contributed by atoms with Crippen molar-refractivity contribution >= 4 is 11.9 Å². The first kappa shape index (κ1) is 19.0. The van der Waals surface area contributed by atoms with E-state index in [1.807, 2.05) is 12.1 Å². The number of carbonyl (C=O) groups excluding carboxylic acids is 2. The number of benzene rings is 2. The lowest BCUT2D eigenvalue weighted by atomic mass is 9.87. The third kappa shape index (κ3) is 4.67. The molecule has 0 fully saturated rings. The molecule has 5 nitrogen and oxygen atoms in total. The summed E-state index contributed by atoms with van der Waals surface area (Å²) < 4.78 is 10.7. The summed E-state index contributed by atoms with van der Waals surface area (Å²) >= 11 is 0. The first-order chi connectivity index (χ1) is 13.1. The van der Waals surface area contributed by atoms with E-state index in [9.17, 15) is 9.59 Å². The number of esters is 1. The standard InChI is InChI=1S/C22H25NO4/c1-3-26-22(25)17-11-13-18(14-12-17)27-15(2)21(24)23-20-10-6-8-16-7-4-5-9-19(16)20/h4-5,7,9,11-15,20H,3,6,8,10H2,1-2H3,(H,23,24)/t15-,20-/m0/s1. The van der Waals surface area contributed by atoms with Crippen LogP contribution in [0.2, 0.25) is 0 Å². The number of hydrogen-bond donors (Lipinski definition) is 1. The van der Waals surface area contributed by atoms with Gasteiger partial charge in [0.25, 0.3) is 5.91 Å². The van der Waals surface area contributed by atoms with Crippen LogP contribution >= 0.6 is 0 Å². The van der Waals surface area contributed by atoms with E-state index in [4.69, 9.17) is 9.47 Å². The molecule has 0 saturated heterocycles. The van der Waals surface area contributed by atoms with Crippen LogP contribution in [0.1, 0.15) is 54.2 Å². The van der Waals surface area contributed by atoms with E-state index < -0.39 is 6.10 Å². The largest absolute Gasteiger partial charge is 0.481 e. The Morgan fingerprint density at radius 3 is 2.63 bits per heavy atom. The first-order valence-electron chi connectivity index (χ1n) is 9.40. The highest BCUT2D eigenvalue weighted by atomic mass is 16.5. The molecule has 0 unspecified atom stereocenters. The summed E-state index contributed by atoms with van der Waals surface area (Å²) in [6.45, 7) is 3.82. The smallest absolute Gasteiger partial charge is 0.338 e. The normalized spacial score (nSPS) is 16.7. The Morgan fingerprint density at radius 1 is 1.15 bits per heavy atom. The van der Waals surface area contributed by atoms with Crippen LogP contribution in [0.4, 0.5) is 0 Å². The van der Waals surface area contributed by atoms with Gasteiger partial charge in [0, 0.05) is 0 Å². The van der Waals surface area contributed by atoms with E-state index >= 15 is 0 Å². The molecular formula is C22H25NO4. The molecule has 27 heavy (non-hydrogen) atoms. The summed E-state index contributed by atoms with van der Waals surface area (Å²) in [4.78, 5) is 24.3. The van der Waals surface area contributed by atoms with Gasteiger partial charge in [0.05, 0.1) is 18.2 Å². The maximum Gasteiger partial charge on any atom is 0.338 e. The van der Waals surface area contributed by atoms with Crippen molar-refractivity contribution in [1.82, 2.24) is 5.32 Å². The molecule has 1 aliphatic carbocycles. The zero-order valence-corrected chi connectivity index (χ0v) is 15.7. The number of amides is 1. The van der Waals surface area contributed by atoms with Gasteiger partial charge in [-0.05, 0) is 68.5 Å². The Bertz CT molecular complexity index is 800. The third-order valence-electron chi connectivity index (χ3n) is 4.73. The molecule has 1 aliphatic rings. The van der Waals surface area contributed by atoms with Gasteiger partial charge in [-0.1, -0.05) is 24.3 Å². The van der Waals surface area contributed by atoms with Gasteiger partial charge in [-0.25, -0.2) is 4.79 Å². The molecule has 3 rings (SSSR count). The van der Waals surface area contributed by atoms with Crippen LogP contribution in [-0.4, -0.2) is 24.6 Å². The van der Waals surface area contributed by atoms with Crippen molar-refractivity contribution < 1.29 is 19.1 Å². The summed E-state index contributed by atoms with van der Waals surface area (Å²) in [5.41, 5.74) is 2.96. The predicted molar refractivity (Wildman–Crippen MR) is 103 cm³/mol. The first-order valence-corrected chi connectivity index (χ1v) is 9.40. The molecule has 2 aromatic rings. The highest BCUT2D eigenvalue weighted by molar-refractivity contribution is 5.89. The van der Waals surface area contributed by atoms with Crippen LogP contribution in [-0.2, 0) is 16.0 Å². The van der Waals surface area contributed by atoms with E-state index in [1.165, 1.54) is 11.1 Å². The van der Waals surface area contributed by atoms with Crippen LogP contribution in [0.25, 0.3) is 0 Å². The van der Waals surface area contributed by atoms with Crippen LogP contribution in [0, 0.1) is 0 Å². The molecule has 0 aliphatic heterocycles. The number of fused-ring (bicyclic) bond motifs is 1. The molecule has 1 N–H and O–H groups in total. The van der Waals surface area contributed by atoms with Crippen molar-refractivity contribution in [3.8, 4) is 5.75 Å². The van der Waals surface area contributed by atoms with E-state index in [0.717, 1.165) is 19.3 Å². The number of carbonyl (C=O) groups is 2. The second-order valence-corrected chi connectivity index (χ2v) is 6.66. The highest BCUT2D eigenvalue weighted by Gasteiger charge is 2.24. The van der Waals surface area contributed by atoms with Crippen LogP contribution in [0.15, 0.2) is 48.5 Å². The highest BCUT2D eigenvalue weighted by Crippen LogP contribution is 2.29. The zero-order chi connectivity index (χ0) is 19.2. The van der Waals surface area contributed by atoms with Crippen molar-refractivity contribution in [2.75, 3.05) is 6.61 Å². The topological polar surface area (TPSA) is 64.6 Å². The lowest BCUT2D eigenvalue weighted by molar-refractivity contribution is -0.128. The summed E-state index contributed by atoms with van der Waals surface area (Å²) in [6.07, 6.45) is 2.42. The molecule has 5 heteroatoms. The molecular weight excluding hydrogens is 342 g/mol. The maximum absolute atomic E-state index is 12.6. The number of hydrogen-bond acceptors (Lipinski definition) is 4. The maximum atomic E-state index is 12.6. The second-order valence-electron chi connectivity index (χ2n) is 6.66. The monoisotopic (exact) mass is 367 g/mol. The van der Waals surface area contributed by atoms with Gasteiger partial charge >= 0.3 is 5.97 Å². The fourth-order valence-corrected chi connectivity index (χ4v) is 3.33. The summed E-state index contributed by atoms with van der Waals surface area (Å²) in [5, 5.41) is 3.10. The lowest BCUT2D eigenvalue weighted by Crippen LogP contribution is -2.39. The Labute approximate surface area is 159 Å². The summed E-state index contributed by atoms with van der Waals surface area (Å²) in [7, 11) is 0. The average Bonchev–Trinajstić information content (AvgIpc) is 2.69. The number of rotatable bonds is 6. The van der Waals surface area contributed by atoms with Crippen LogP contribution in [0.5, 0.6) is 5.75 Å².